The highest BCUT2D eigenvalue weighted by molar-refractivity contribution is 7.89. The summed E-state index contributed by atoms with van der Waals surface area (Å²) < 4.78 is 35.1. The highest BCUT2D eigenvalue weighted by atomic mass is 32.2. The van der Waals surface area contributed by atoms with E-state index in [4.69, 9.17) is 4.74 Å². The highest BCUT2D eigenvalue weighted by Gasteiger charge is 2.40. The molecule has 1 fully saturated rings. The Morgan fingerprint density at radius 3 is 2.53 bits per heavy atom. The zero-order chi connectivity index (χ0) is 27.5. The first kappa shape index (κ1) is 27.3. The number of nitrogens with one attached hydrogen (secondary N) is 1. The third kappa shape index (κ3) is 6.39. The summed E-state index contributed by atoms with van der Waals surface area (Å²) in [5, 5.41) is 10.9. The van der Waals surface area contributed by atoms with Gasteiger partial charge in [-0.15, -0.1) is 0 Å². The second-order valence-corrected chi connectivity index (χ2v) is 12.1. The summed E-state index contributed by atoms with van der Waals surface area (Å²) in [5.74, 6) is -1.02. The Labute approximate surface area is 223 Å². The number of esters is 1. The predicted octanol–water partition coefficient (Wildman–Crippen LogP) is 3.93. The van der Waals surface area contributed by atoms with Crippen molar-refractivity contribution in [3.63, 3.8) is 0 Å². The quantitative estimate of drug-likeness (QED) is 0.460. The normalized spacial score (nSPS) is 16.7. The molecule has 1 N–H and O–H groups in total. The molecule has 1 aliphatic heterocycles. The van der Waals surface area contributed by atoms with E-state index in [1.165, 1.54) is 11.0 Å². The van der Waals surface area contributed by atoms with Gasteiger partial charge >= 0.3 is 5.97 Å². The molecule has 1 amide bonds. The van der Waals surface area contributed by atoms with Crippen LogP contribution in [0.2, 0.25) is 0 Å². The molecule has 198 valence electrons. The summed E-state index contributed by atoms with van der Waals surface area (Å²) in [4.78, 5) is 28.2. The van der Waals surface area contributed by atoms with Crippen LogP contribution < -0.4 is 4.72 Å². The average molecular weight is 534 g/mol. The van der Waals surface area contributed by atoms with E-state index in [1.807, 2.05) is 24.3 Å². The zero-order valence-electron chi connectivity index (χ0n) is 21.7. The van der Waals surface area contributed by atoms with Gasteiger partial charge in [0.1, 0.15) is 17.7 Å². The smallest absolute Gasteiger partial charge is 0.329 e. The Morgan fingerprint density at radius 1 is 1.08 bits per heavy atom. The van der Waals surface area contributed by atoms with Crippen LogP contribution in [0.3, 0.4) is 0 Å². The fourth-order valence-electron chi connectivity index (χ4n) is 4.62. The van der Waals surface area contributed by atoms with E-state index in [0.717, 1.165) is 10.8 Å². The number of nitrogens with zero attached hydrogens (tertiary/aromatic N) is 2. The topological polar surface area (TPSA) is 117 Å². The Kier molecular flexibility index (Phi) is 7.86. The minimum absolute atomic E-state index is 0.0126. The van der Waals surface area contributed by atoms with Gasteiger partial charge in [0.15, 0.2) is 0 Å². The van der Waals surface area contributed by atoms with Crippen molar-refractivity contribution in [1.82, 2.24) is 9.62 Å². The summed E-state index contributed by atoms with van der Waals surface area (Å²) in [7, 11) is -4.11. The fourth-order valence-corrected chi connectivity index (χ4v) is 5.84. The number of rotatable bonds is 7. The molecule has 3 aromatic rings. The number of amides is 1. The molecule has 1 saturated heterocycles. The lowest BCUT2D eigenvalue weighted by atomic mass is 10.0. The maximum absolute atomic E-state index is 13.8. The van der Waals surface area contributed by atoms with Gasteiger partial charge in [0.25, 0.3) is 0 Å². The van der Waals surface area contributed by atoms with E-state index < -0.39 is 39.6 Å². The van der Waals surface area contributed by atoms with Crippen LogP contribution in [-0.4, -0.2) is 49.4 Å². The lowest BCUT2D eigenvalue weighted by molar-refractivity contribution is -0.163. The maximum Gasteiger partial charge on any atom is 0.329 e. The van der Waals surface area contributed by atoms with Crippen molar-refractivity contribution < 1.29 is 22.7 Å². The van der Waals surface area contributed by atoms with Gasteiger partial charge in [0, 0.05) is 6.54 Å². The molecule has 1 heterocycles. The molecule has 2 atom stereocenters. The minimum atomic E-state index is -4.11. The Balaban J connectivity index is 1.66. The predicted molar refractivity (Wildman–Crippen MR) is 143 cm³/mol. The molecular weight excluding hydrogens is 502 g/mol. The second-order valence-electron chi connectivity index (χ2n) is 10.4. The van der Waals surface area contributed by atoms with Crippen LogP contribution in [0.4, 0.5) is 0 Å². The lowest BCUT2D eigenvalue weighted by Gasteiger charge is -2.30. The molecule has 0 saturated carbocycles. The van der Waals surface area contributed by atoms with Gasteiger partial charge in [0.2, 0.25) is 15.9 Å². The first-order valence-electron chi connectivity index (χ1n) is 12.5. The Hall–Kier alpha value is -3.74. The van der Waals surface area contributed by atoms with Gasteiger partial charge in [-0.1, -0.05) is 42.5 Å². The van der Waals surface area contributed by atoms with Crippen LogP contribution in [0, 0.1) is 11.3 Å². The van der Waals surface area contributed by atoms with Crippen LogP contribution in [0.5, 0.6) is 0 Å². The number of sulfonamides is 1. The summed E-state index contributed by atoms with van der Waals surface area (Å²) in [6.07, 6.45) is 1.05. The number of likely N-dealkylation sites (tertiary alicyclic amines) is 1. The van der Waals surface area contributed by atoms with Crippen LogP contribution in [0.1, 0.15) is 44.7 Å². The van der Waals surface area contributed by atoms with Crippen LogP contribution >= 0.6 is 0 Å². The highest BCUT2D eigenvalue weighted by Crippen LogP contribution is 2.24. The van der Waals surface area contributed by atoms with Gasteiger partial charge < -0.3 is 9.64 Å². The molecule has 0 unspecified atom stereocenters. The zero-order valence-corrected chi connectivity index (χ0v) is 22.5. The second kappa shape index (κ2) is 10.9. The van der Waals surface area contributed by atoms with Gasteiger partial charge in [-0.25, -0.2) is 13.2 Å². The van der Waals surface area contributed by atoms with Crippen molar-refractivity contribution in [2.24, 2.45) is 0 Å². The first-order valence-corrected chi connectivity index (χ1v) is 14.0. The molecule has 0 radical (unpaired) electrons. The molecule has 8 nitrogen and oxygen atoms in total. The monoisotopic (exact) mass is 533 g/mol. The molecule has 0 aliphatic carbocycles. The average Bonchev–Trinajstić information content (AvgIpc) is 3.37. The molecule has 0 aromatic heterocycles. The molecule has 3 aromatic carbocycles. The van der Waals surface area contributed by atoms with E-state index in [9.17, 15) is 23.3 Å². The van der Waals surface area contributed by atoms with E-state index in [-0.39, 0.29) is 11.3 Å². The fraction of sp³-hybridized carbons (Fsp3) is 0.345. The van der Waals surface area contributed by atoms with Crippen molar-refractivity contribution in [3.05, 3.63) is 77.9 Å². The van der Waals surface area contributed by atoms with Crippen LogP contribution in [0.15, 0.2) is 71.6 Å². The lowest BCUT2D eigenvalue weighted by Crippen LogP contribution is -2.53. The van der Waals surface area contributed by atoms with E-state index in [1.54, 1.807) is 57.2 Å². The Bertz CT molecular complexity index is 1500. The molecule has 4 rings (SSSR count). The van der Waals surface area contributed by atoms with Crippen LogP contribution in [0.25, 0.3) is 10.8 Å². The number of carbonyl (C=O) groups is 2. The van der Waals surface area contributed by atoms with Crippen molar-refractivity contribution in [2.75, 3.05) is 6.54 Å². The molecular formula is C29H31N3O5S. The molecule has 38 heavy (non-hydrogen) atoms. The standard InChI is InChI=1S/C29H31N3O5S/c1-29(2,3)37-28(34)26-12-7-15-32(26)27(33)25(17-20-8-6-9-21(16-20)19-30)31-38(35,36)24-14-13-22-10-4-5-11-23(22)18-24/h4-6,8-11,13-14,16,18,25-26,31H,7,12,15,17H2,1-3H3/t25-,26-/m0/s1. The summed E-state index contributed by atoms with van der Waals surface area (Å²) in [6, 6.07) is 19.0. The van der Waals surface area contributed by atoms with Gasteiger partial charge in [-0.05, 0) is 80.6 Å². The van der Waals surface area contributed by atoms with Crippen molar-refractivity contribution in [1.29, 1.82) is 5.26 Å². The van der Waals surface area contributed by atoms with Gasteiger partial charge in [-0.2, -0.15) is 9.98 Å². The van der Waals surface area contributed by atoms with Gasteiger partial charge in [-0.3, -0.25) is 4.79 Å². The van der Waals surface area contributed by atoms with Crippen LogP contribution in [-0.2, 0) is 30.8 Å². The number of hydrogen-bond donors (Lipinski definition) is 1. The molecule has 0 bridgehead atoms. The summed E-state index contributed by atoms with van der Waals surface area (Å²) in [6.45, 7) is 5.59. The van der Waals surface area contributed by atoms with Gasteiger partial charge in [0.05, 0.1) is 16.5 Å². The summed E-state index contributed by atoms with van der Waals surface area (Å²) >= 11 is 0. The van der Waals surface area contributed by atoms with Crippen molar-refractivity contribution in [2.45, 2.75) is 62.6 Å². The third-order valence-corrected chi connectivity index (χ3v) is 7.81. The largest absolute Gasteiger partial charge is 0.458 e. The van der Waals surface area contributed by atoms with Crippen molar-refractivity contribution >= 4 is 32.7 Å². The Morgan fingerprint density at radius 2 is 1.82 bits per heavy atom. The van der Waals surface area contributed by atoms with E-state index >= 15 is 0 Å². The van der Waals surface area contributed by atoms with E-state index in [2.05, 4.69) is 10.8 Å². The number of ether oxygens (including phenoxy) is 1. The molecule has 9 heteroatoms. The molecule has 0 spiro atoms. The number of hydrogen-bond acceptors (Lipinski definition) is 6. The minimum Gasteiger partial charge on any atom is -0.458 e. The number of fused-ring (bicyclic) bond motifs is 1. The number of nitriles is 1. The SMILES string of the molecule is CC(C)(C)OC(=O)[C@@H]1CCCN1C(=O)[C@H](Cc1cccc(C#N)c1)NS(=O)(=O)c1ccc2ccccc2c1. The number of carbonyl (C=O) groups excluding carboxylic acids is 2. The molecule has 1 aliphatic rings. The maximum atomic E-state index is 13.8. The van der Waals surface area contributed by atoms with Crippen molar-refractivity contribution in [3.8, 4) is 6.07 Å². The summed E-state index contributed by atoms with van der Waals surface area (Å²) in [5.41, 5.74) is 0.305. The first-order chi connectivity index (χ1) is 18.0. The third-order valence-electron chi connectivity index (χ3n) is 6.34. The van der Waals surface area contributed by atoms with E-state index in [0.29, 0.717) is 30.5 Å². The number of benzene rings is 3.